The molecule has 1 N–H and O–H groups in total. The molecule has 0 aliphatic heterocycles. The van der Waals surface area contributed by atoms with Gasteiger partial charge in [-0.15, -0.1) is 0 Å². The Kier molecular flexibility index (Phi) is 8.23. The highest BCUT2D eigenvalue weighted by Crippen LogP contribution is 2.24. The Labute approximate surface area is 125 Å². The molecule has 0 amide bonds. The lowest BCUT2D eigenvalue weighted by atomic mass is 10.2. The molecule has 0 saturated heterocycles. The monoisotopic (exact) mass is 297 g/mol. The van der Waals surface area contributed by atoms with Crippen LogP contribution in [-0.2, 0) is 20.8 Å². The van der Waals surface area contributed by atoms with Crippen LogP contribution in [0.5, 0.6) is 11.5 Å². The van der Waals surface area contributed by atoms with Crippen molar-refractivity contribution < 1.29 is 23.7 Å². The first-order chi connectivity index (χ1) is 10.2. The van der Waals surface area contributed by atoms with Gasteiger partial charge in [0, 0.05) is 25.8 Å². The van der Waals surface area contributed by atoms with E-state index in [4.69, 9.17) is 14.2 Å². The summed E-state index contributed by atoms with van der Waals surface area (Å²) in [6.45, 7) is 2.30. The number of esters is 1. The molecule has 0 spiro atoms. The lowest BCUT2D eigenvalue weighted by Crippen LogP contribution is -2.19. The summed E-state index contributed by atoms with van der Waals surface area (Å²) in [6.07, 6.45) is 0.221. The van der Waals surface area contributed by atoms with E-state index in [1.54, 1.807) is 14.2 Å². The summed E-state index contributed by atoms with van der Waals surface area (Å²) in [7, 11) is 4.64. The number of carbonyl (C=O) groups excluding carboxylic acids is 1. The number of methoxy groups -OCH3 is 3. The molecule has 0 bridgehead atoms. The molecular weight excluding hydrogens is 274 g/mol. The fourth-order valence-corrected chi connectivity index (χ4v) is 1.71. The minimum Gasteiger partial charge on any atom is -0.497 e. The van der Waals surface area contributed by atoms with E-state index in [2.05, 4.69) is 10.1 Å². The van der Waals surface area contributed by atoms with E-state index in [1.807, 2.05) is 18.2 Å². The van der Waals surface area contributed by atoms with Crippen molar-refractivity contribution in [2.45, 2.75) is 13.0 Å². The molecule has 0 heterocycles. The average Bonchev–Trinajstić information content (AvgIpc) is 2.52. The summed E-state index contributed by atoms with van der Waals surface area (Å²) in [6, 6.07) is 5.57. The van der Waals surface area contributed by atoms with Gasteiger partial charge in [0.05, 0.1) is 33.9 Å². The lowest BCUT2D eigenvalue weighted by Gasteiger charge is -2.13. The fourth-order valence-electron chi connectivity index (χ4n) is 1.71. The van der Waals surface area contributed by atoms with Crippen molar-refractivity contribution in [2.75, 3.05) is 41.1 Å². The predicted octanol–water partition coefficient (Wildman–Crippen LogP) is 1.37. The van der Waals surface area contributed by atoms with Gasteiger partial charge in [-0.3, -0.25) is 4.79 Å². The molecule has 0 aromatic heterocycles. The van der Waals surface area contributed by atoms with Crippen LogP contribution >= 0.6 is 0 Å². The van der Waals surface area contributed by atoms with Crippen LogP contribution in [0.4, 0.5) is 0 Å². The highest BCUT2D eigenvalue weighted by molar-refractivity contribution is 5.69. The van der Waals surface area contributed by atoms with Crippen molar-refractivity contribution in [3.05, 3.63) is 23.8 Å². The lowest BCUT2D eigenvalue weighted by molar-refractivity contribution is -0.141. The smallest absolute Gasteiger partial charge is 0.308 e. The maximum atomic E-state index is 11.1. The van der Waals surface area contributed by atoms with Crippen LogP contribution in [0.3, 0.4) is 0 Å². The number of hydrogen-bond acceptors (Lipinski definition) is 6. The quantitative estimate of drug-likeness (QED) is 0.520. The van der Waals surface area contributed by atoms with Gasteiger partial charge in [0.25, 0.3) is 0 Å². The first kappa shape index (κ1) is 17.3. The van der Waals surface area contributed by atoms with E-state index in [-0.39, 0.29) is 19.0 Å². The van der Waals surface area contributed by atoms with Crippen molar-refractivity contribution in [3.63, 3.8) is 0 Å². The second-order valence-electron chi connectivity index (χ2n) is 4.32. The average molecular weight is 297 g/mol. The van der Waals surface area contributed by atoms with E-state index in [1.165, 1.54) is 7.11 Å². The molecule has 0 fully saturated rings. The van der Waals surface area contributed by atoms with Gasteiger partial charge < -0.3 is 24.3 Å². The second-order valence-corrected chi connectivity index (χ2v) is 4.32. The normalized spacial score (nSPS) is 10.2. The van der Waals surface area contributed by atoms with Crippen molar-refractivity contribution in [2.24, 2.45) is 0 Å². The highest BCUT2D eigenvalue weighted by Gasteiger charge is 2.07. The minimum atomic E-state index is -0.289. The van der Waals surface area contributed by atoms with Gasteiger partial charge in [-0.05, 0) is 18.2 Å². The topological polar surface area (TPSA) is 66.0 Å². The van der Waals surface area contributed by atoms with Crippen LogP contribution in [0.1, 0.15) is 12.0 Å². The first-order valence-electron chi connectivity index (χ1n) is 6.77. The SMILES string of the molecule is COCCNCc1cc(OC)ccc1OCCC(=O)OC. The van der Waals surface area contributed by atoms with E-state index in [0.717, 1.165) is 23.6 Å². The van der Waals surface area contributed by atoms with E-state index < -0.39 is 0 Å². The molecule has 0 atom stereocenters. The van der Waals surface area contributed by atoms with E-state index in [9.17, 15) is 4.79 Å². The summed E-state index contributed by atoms with van der Waals surface area (Å²) in [5.41, 5.74) is 0.968. The molecule has 6 heteroatoms. The summed E-state index contributed by atoms with van der Waals surface area (Å²) in [5.74, 6) is 1.20. The van der Waals surface area contributed by atoms with Gasteiger partial charge in [0.15, 0.2) is 0 Å². The number of rotatable bonds is 10. The third-order valence-corrected chi connectivity index (χ3v) is 2.86. The first-order valence-corrected chi connectivity index (χ1v) is 6.77. The highest BCUT2D eigenvalue weighted by atomic mass is 16.5. The largest absolute Gasteiger partial charge is 0.497 e. The number of ether oxygens (including phenoxy) is 4. The summed E-state index contributed by atoms with van der Waals surface area (Å²) in [4.78, 5) is 11.1. The third kappa shape index (κ3) is 6.46. The zero-order valence-corrected chi connectivity index (χ0v) is 12.8. The Hall–Kier alpha value is -1.79. The Bertz CT molecular complexity index is 436. The van der Waals surface area contributed by atoms with Gasteiger partial charge >= 0.3 is 5.97 Å². The van der Waals surface area contributed by atoms with Crippen molar-refractivity contribution in [3.8, 4) is 11.5 Å². The van der Waals surface area contributed by atoms with Crippen molar-refractivity contribution in [1.29, 1.82) is 0 Å². The second kappa shape index (κ2) is 10.0. The van der Waals surface area contributed by atoms with Crippen molar-refractivity contribution >= 4 is 5.97 Å². The molecule has 0 unspecified atom stereocenters. The minimum absolute atomic E-state index is 0.221. The fraction of sp³-hybridized carbons (Fsp3) is 0.533. The van der Waals surface area contributed by atoms with Crippen LogP contribution < -0.4 is 14.8 Å². The Morgan fingerprint density at radius 2 is 2.00 bits per heavy atom. The van der Waals surface area contributed by atoms with Crippen molar-refractivity contribution in [1.82, 2.24) is 5.32 Å². The molecule has 1 rings (SSSR count). The van der Waals surface area contributed by atoms with Crippen LogP contribution in [0.2, 0.25) is 0 Å². The number of benzene rings is 1. The molecule has 0 aliphatic rings. The molecule has 0 aliphatic carbocycles. The van der Waals surface area contributed by atoms with E-state index in [0.29, 0.717) is 13.2 Å². The maximum absolute atomic E-state index is 11.1. The van der Waals surface area contributed by atoms with E-state index >= 15 is 0 Å². The molecule has 0 saturated carbocycles. The summed E-state index contributed by atoms with van der Waals surface area (Å²) in [5, 5.41) is 3.25. The zero-order chi connectivity index (χ0) is 15.5. The Balaban J connectivity index is 2.60. The molecule has 21 heavy (non-hydrogen) atoms. The van der Waals surface area contributed by atoms with Gasteiger partial charge in [-0.1, -0.05) is 0 Å². The van der Waals surface area contributed by atoms with Crippen LogP contribution in [-0.4, -0.2) is 47.1 Å². The maximum Gasteiger partial charge on any atom is 0.308 e. The van der Waals surface area contributed by atoms with Gasteiger partial charge in [0.2, 0.25) is 0 Å². The van der Waals surface area contributed by atoms with Gasteiger partial charge in [-0.25, -0.2) is 0 Å². The predicted molar refractivity (Wildman–Crippen MR) is 78.7 cm³/mol. The summed E-state index contributed by atoms with van der Waals surface area (Å²) < 4.78 is 20.4. The van der Waals surface area contributed by atoms with Gasteiger partial charge in [0.1, 0.15) is 11.5 Å². The summed E-state index contributed by atoms with van der Waals surface area (Å²) >= 11 is 0. The molecule has 118 valence electrons. The standard InChI is InChI=1S/C15H23NO5/c1-18-9-7-16-11-12-10-13(19-2)4-5-14(12)21-8-6-15(17)20-3/h4-5,10,16H,6-9,11H2,1-3H3. The van der Waals surface area contributed by atoms with Crippen LogP contribution in [0, 0.1) is 0 Å². The number of carbonyl (C=O) groups is 1. The molecule has 0 radical (unpaired) electrons. The van der Waals surface area contributed by atoms with Crippen LogP contribution in [0.25, 0.3) is 0 Å². The number of nitrogens with one attached hydrogen (secondary N) is 1. The number of hydrogen-bond donors (Lipinski definition) is 1. The molecule has 1 aromatic carbocycles. The third-order valence-electron chi connectivity index (χ3n) is 2.86. The Morgan fingerprint density at radius 1 is 1.19 bits per heavy atom. The zero-order valence-electron chi connectivity index (χ0n) is 12.8. The molecule has 6 nitrogen and oxygen atoms in total. The molecule has 1 aromatic rings. The van der Waals surface area contributed by atoms with Gasteiger partial charge in [-0.2, -0.15) is 0 Å². The van der Waals surface area contributed by atoms with Crippen LogP contribution in [0.15, 0.2) is 18.2 Å². The Morgan fingerprint density at radius 3 is 2.67 bits per heavy atom. The molecular formula is C15H23NO5.